The molecule has 1 atom stereocenters. The maximum Gasteiger partial charge on any atom is 0.316 e. The first-order valence-electron chi connectivity index (χ1n) is 4.17. The highest BCUT2D eigenvalue weighted by Gasteiger charge is 2.23. The molecule has 74 valence electrons. The maximum atomic E-state index is 10.8. The molecule has 0 aromatic heterocycles. The molecule has 0 aliphatic rings. The minimum Gasteiger partial charge on any atom is -0.481 e. The summed E-state index contributed by atoms with van der Waals surface area (Å²) in [6, 6.07) is 8.92. The summed E-state index contributed by atoms with van der Waals surface area (Å²) in [5.74, 6) is -3.12. The number of amides is 1. The predicted octanol–water partition coefficient (Wildman–Crippen LogP) is 0.415. The van der Waals surface area contributed by atoms with E-state index >= 15 is 0 Å². The molecule has 4 heteroatoms. The van der Waals surface area contributed by atoms with Crippen LogP contribution in [0.1, 0.15) is 5.56 Å². The van der Waals surface area contributed by atoms with Crippen LogP contribution in [0.2, 0.25) is 0 Å². The van der Waals surface area contributed by atoms with Gasteiger partial charge in [0.1, 0.15) is 5.92 Å². The Kier molecular flexibility index (Phi) is 3.23. The molecule has 0 bridgehead atoms. The summed E-state index contributed by atoms with van der Waals surface area (Å²) >= 11 is 0. The molecule has 0 unspecified atom stereocenters. The van der Waals surface area contributed by atoms with Gasteiger partial charge in [0, 0.05) is 0 Å². The van der Waals surface area contributed by atoms with Crippen LogP contribution < -0.4 is 5.73 Å². The van der Waals surface area contributed by atoms with Crippen LogP contribution >= 0.6 is 0 Å². The molecule has 0 aliphatic carbocycles. The standard InChI is InChI=1S/C10H11NO3/c11-9(12)8(10(13)14)6-7-4-2-1-3-5-7/h1-5,8H,6H2,(H2,11,12)(H,13,14)/t8-/m1/s1. The van der Waals surface area contributed by atoms with Gasteiger partial charge in [-0.15, -0.1) is 0 Å². The fourth-order valence-corrected chi connectivity index (χ4v) is 1.16. The van der Waals surface area contributed by atoms with Crippen molar-refractivity contribution in [1.82, 2.24) is 0 Å². The lowest BCUT2D eigenvalue weighted by Gasteiger charge is -2.07. The average molecular weight is 193 g/mol. The molecule has 1 amide bonds. The number of aliphatic carboxylic acids is 1. The lowest BCUT2D eigenvalue weighted by molar-refractivity contribution is -0.145. The highest BCUT2D eigenvalue weighted by atomic mass is 16.4. The molecule has 0 fully saturated rings. The van der Waals surface area contributed by atoms with Crippen LogP contribution in [-0.4, -0.2) is 17.0 Å². The van der Waals surface area contributed by atoms with Crippen molar-refractivity contribution in [2.24, 2.45) is 11.7 Å². The summed E-state index contributed by atoms with van der Waals surface area (Å²) in [7, 11) is 0. The fourth-order valence-electron chi connectivity index (χ4n) is 1.16. The lowest BCUT2D eigenvalue weighted by Crippen LogP contribution is -2.31. The zero-order valence-electron chi connectivity index (χ0n) is 7.51. The highest BCUT2D eigenvalue weighted by Crippen LogP contribution is 2.08. The van der Waals surface area contributed by atoms with E-state index in [1.54, 1.807) is 24.3 Å². The predicted molar refractivity (Wildman–Crippen MR) is 50.5 cm³/mol. The third-order valence-corrected chi connectivity index (χ3v) is 1.92. The number of primary amides is 1. The van der Waals surface area contributed by atoms with Crippen molar-refractivity contribution in [3.8, 4) is 0 Å². The zero-order chi connectivity index (χ0) is 10.6. The van der Waals surface area contributed by atoms with Crippen LogP contribution in [0.15, 0.2) is 30.3 Å². The van der Waals surface area contributed by atoms with Crippen LogP contribution in [0.5, 0.6) is 0 Å². The van der Waals surface area contributed by atoms with Crippen molar-refractivity contribution >= 4 is 11.9 Å². The second kappa shape index (κ2) is 4.41. The quantitative estimate of drug-likeness (QED) is 0.680. The molecule has 1 aromatic carbocycles. The van der Waals surface area contributed by atoms with E-state index in [9.17, 15) is 9.59 Å². The topological polar surface area (TPSA) is 80.4 Å². The second-order valence-electron chi connectivity index (χ2n) is 2.98. The Morgan fingerprint density at radius 2 is 1.86 bits per heavy atom. The third kappa shape index (κ3) is 2.58. The summed E-state index contributed by atoms with van der Waals surface area (Å²) < 4.78 is 0. The highest BCUT2D eigenvalue weighted by molar-refractivity contribution is 5.96. The number of carboxylic acids is 1. The Hall–Kier alpha value is -1.84. The Bertz CT molecular complexity index is 320. The first kappa shape index (κ1) is 10.2. The van der Waals surface area contributed by atoms with Crippen LogP contribution in [0, 0.1) is 5.92 Å². The summed E-state index contributed by atoms with van der Waals surface area (Å²) in [6.07, 6.45) is 0.144. The normalized spacial score (nSPS) is 12.0. The molecule has 0 heterocycles. The summed E-state index contributed by atoms with van der Waals surface area (Å²) in [5, 5.41) is 8.70. The summed E-state index contributed by atoms with van der Waals surface area (Å²) in [6.45, 7) is 0. The number of benzene rings is 1. The van der Waals surface area contributed by atoms with Gasteiger partial charge in [0.25, 0.3) is 0 Å². The summed E-state index contributed by atoms with van der Waals surface area (Å²) in [4.78, 5) is 21.4. The van der Waals surface area contributed by atoms with E-state index in [4.69, 9.17) is 10.8 Å². The minimum atomic E-state index is -1.18. The molecule has 0 saturated carbocycles. The van der Waals surface area contributed by atoms with Crippen molar-refractivity contribution in [2.75, 3.05) is 0 Å². The molecule has 14 heavy (non-hydrogen) atoms. The first-order valence-corrected chi connectivity index (χ1v) is 4.17. The van der Waals surface area contributed by atoms with Gasteiger partial charge in [-0.3, -0.25) is 9.59 Å². The van der Waals surface area contributed by atoms with E-state index in [-0.39, 0.29) is 6.42 Å². The smallest absolute Gasteiger partial charge is 0.316 e. The SMILES string of the molecule is NC(=O)[C@@H](Cc1ccccc1)C(=O)O. The number of nitrogens with two attached hydrogens (primary N) is 1. The van der Waals surface area contributed by atoms with Gasteiger partial charge in [-0.2, -0.15) is 0 Å². The Balaban J connectivity index is 2.75. The molecule has 0 spiro atoms. The molecule has 1 aromatic rings. The Morgan fingerprint density at radius 1 is 1.29 bits per heavy atom. The van der Waals surface area contributed by atoms with Crippen LogP contribution in [-0.2, 0) is 16.0 Å². The molecule has 0 aliphatic heterocycles. The van der Waals surface area contributed by atoms with Gasteiger partial charge in [-0.1, -0.05) is 30.3 Å². The van der Waals surface area contributed by atoms with E-state index in [0.717, 1.165) is 5.56 Å². The first-order chi connectivity index (χ1) is 6.61. The van der Waals surface area contributed by atoms with Gasteiger partial charge in [0.2, 0.25) is 5.91 Å². The Morgan fingerprint density at radius 3 is 2.29 bits per heavy atom. The number of carbonyl (C=O) groups excluding carboxylic acids is 1. The number of hydrogen-bond acceptors (Lipinski definition) is 2. The Labute approximate surface area is 81.3 Å². The fraction of sp³-hybridized carbons (Fsp3) is 0.200. The summed E-state index contributed by atoms with van der Waals surface area (Å²) in [5.41, 5.74) is 5.76. The van der Waals surface area contributed by atoms with Gasteiger partial charge in [0.15, 0.2) is 0 Å². The number of hydrogen-bond donors (Lipinski definition) is 2. The number of carboxylic acid groups (broad SMARTS) is 1. The molecule has 3 N–H and O–H groups in total. The molecule has 4 nitrogen and oxygen atoms in total. The van der Waals surface area contributed by atoms with Crippen LogP contribution in [0.3, 0.4) is 0 Å². The second-order valence-corrected chi connectivity index (χ2v) is 2.98. The molecular weight excluding hydrogens is 182 g/mol. The average Bonchev–Trinajstić information content (AvgIpc) is 2.15. The number of rotatable bonds is 4. The van der Waals surface area contributed by atoms with Crippen molar-refractivity contribution in [3.05, 3.63) is 35.9 Å². The van der Waals surface area contributed by atoms with Crippen LogP contribution in [0.25, 0.3) is 0 Å². The van der Waals surface area contributed by atoms with E-state index in [1.807, 2.05) is 6.07 Å². The third-order valence-electron chi connectivity index (χ3n) is 1.92. The van der Waals surface area contributed by atoms with Crippen LogP contribution in [0.4, 0.5) is 0 Å². The van der Waals surface area contributed by atoms with E-state index in [0.29, 0.717) is 0 Å². The largest absolute Gasteiger partial charge is 0.481 e. The van der Waals surface area contributed by atoms with Gasteiger partial charge < -0.3 is 10.8 Å². The van der Waals surface area contributed by atoms with E-state index in [2.05, 4.69) is 0 Å². The molecular formula is C10H11NO3. The molecule has 0 saturated heterocycles. The van der Waals surface area contributed by atoms with Gasteiger partial charge >= 0.3 is 5.97 Å². The zero-order valence-corrected chi connectivity index (χ0v) is 7.51. The van der Waals surface area contributed by atoms with Crippen molar-refractivity contribution in [1.29, 1.82) is 0 Å². The minimum absolute atomic E-state index is 0.144. The van der Waals surface area contributed by atoms with Gasteiger partial charge in [-0.25, -0.2) is 0 Å². The van der Waals surface area contributed by atoms with Crippen molar-refractivity contribution < 1.29 is 14.7 Å². The van der Waals surface area contributed by atoms with Gasteiger partial charge in [-0.05, 0) is 12.0 Å². The van der Waals surface area contributed by atoms with Gasteiger partial charge in [0.05, 0.1) is 0 Å². The molecule has 0 radical (unpaired) electrons. The maximum absolute atomic E-state index is 10.8. The van der Waals surface area contributed by atoms with Crippen molar-refractivity contribution in [3.63, 3.8) is 0 Å². The van der Waals surface area contributed by atoms with E-state index in [1.165, 1.54) is 0 Å². The lowest BCUT2D eigenvalue weighted by atomic mass is 9.99. The monoisotopic (exact) mass is 193 g/mol. The molecule has 1 rings (SSSR count). The number of carbonyl (C=O) groups is 2. The van der Waals surface area contributed by atoms with Crippen molar-refractivity contribution in [2.45, 2.75) is 6.42 Å². The van der Waals surface area contributed by atoms with E-state index < -0.39 is 17.8 Å².